The quantitative estimate of drug-likeness (QED) is 0.859. The normalized spacial score (nSPS) is 13.2. The Morgan fingerprint density at radius 1 is 1.19 bits per heavy atom. The van der Waals surface area contributed by atoms with Gasteiger partial charge in [0.2, 0.25) is 5.96 Å². The molecule has 4 nitrogen and oxygen atoms in total. The molecule has 1 aliphatic rings. The summed E-state index contributed by atoms with van der Waals surface area (Å²) >= 11 is 1.12. The average Bonchev–Trinajstić information content (AvgIpc) is 2.50. The number of guanidine groups is 1. The Labute approximate surface area is 125 Å². The van der Waals surface area contributed by atoms with Crippen molar-refractivity contribution in [2.45, 2.75) is 11.8 Å². The summed E-state index contributed by atoms with van der Waals surface area (Å²) in [4.78, 5) is 6.47. The molecule has 2 aromatic rings. The van der Waals surface area contributed by atoms with E-state index in [4.69, 9.17) is 0 Å². The molecule has 7 heteroatoms. The second-order valence-corrected chi connectivity index (χ2v) is 5.15. The Kier molecular flexibility index (Phi) is 3.74. The minimum Gasteiger partial charge on any atom is -0.324 e. The standard InChI is InChI=1S/C14H12F2N4S/c1-2-20(9-3-5-17-6-4-9)14-18-12-7-10(15)11(16)8-13(12)21-19-14/h3-8H,2H2,1H3,(H,18,19). The molecule has 0 saturated carbocycles. The number of nitrogens with zero attached hydrogens (tertiary/aromatic N) is 3. The third-order valence-corrected chi connectivity index (χ3v) is 3.84. The van der Waals surface area contributed by atoms with Gasteiger partial charge in [0.05, 0.1) is 10.6 Å². The van der Waals surface area contributed by atoms with Crippen molar-refractivity contribution < 1.29 is 8.78 Å². The second kappa shape index (κ2) is 5.69. The summed E-state index contributed by atoms with van der Waals surface area (Å²) in [5.41, 5.74) is 1.43. The maximum absolute atomic E-state index is 13.4. The number of benzene rings is 1. The van der Waals surface area contributed by atoms with Crippen LogP contribution in [-0.2, 0) is 0 Å². The van der Waals surface area contributed by atoms with Gasteiger partial charge in [0.1, 0.15) is 0 Å². The summed E-state index contributed by atoms with van der Waals surface area (Å²) in [6.07, 6.45) is 3.38. The third-order valence-electron chi connectivity index (χ3n) is 3.05. The summed E-state index contributed by atoms with van der Waals surface area (Å²) in [7, 11) is 0. The fraction of sp³-hybridized carbons (Fsp3) is 0.143. The fourth-order valence-corrected chi connectivity index (χ4v) is 2.73. The largest absolute Gasteiger partial charge is 0.324 e. The summed E-state index contributed by atoms with van der Waals surface area (Å²) in [6, 6.07) is 6.01. The molecule has 0 aliphatic carbocycles. The second-order valence-electron chi connectivity index (χ2n) is 4.34. The van der Waals surface area contributed by atoms with Gasteiger partial charge in [0, 0.05) is 42.6 Å². The van der Waals surface area contributed by atoms with Gasteiger partial charge < -0.3 is 10.2 Å². The van der Waals surface area contributed by atoms with E-state index in [0.717, 1.165) is 29.8 Å². The number of halogens is 2. The number of anilines is 2. The zero-order valence-electron chi connectivity index (χ0n) is 11.2. The predicted molar refractivity (Wildman–Crippen MR) is 80.5 cm³/mol. The Morgan fingerprint density at radius 2 is 1.90 bits per heavy atom. The predicted octanol–water partition coefficient (Wildman–Crippen LogP) is 3.67. The van der Waals surface area contributed by atoms with Crippen molar-refractivity contribution in [2.24, 2.45) is 4.40 Å². The molecule has 0 bridgehead atoms. The Balaban J connectivity index is 1.91. The van der Waals surface area contributed by atoms with Gasteiger partial charge in [-0.1, -0.05) is 0 Å². The highest BCUT2D eigenvalue weighted by Crippen LogP contribution is 2.34. The number of hydrogen-bond acceptors (Lipinski definition) is 5. The molecule has 0 fully saturated rings. The smallest absolute Gasteiger partial charge is 0.215 e. The van der Waals surface area contributed by atoms with E-state index in [1.165, 1.54) is 0 Å². The van der Waals surface area contributed by atoms with Crippen molar-refractivity contribution in [3.8, 4) is 0 Å². The van der Waals surface area contributed by atoms with E-state index in [9.17, 15) is 8.78 Å². The molecule has 108 valence electrons. The molecule has 0 atom stereocenters. The zero-order chi connectivity index (χ0) is 14.8. The fourth-order valence-electron chi connectivity index (χ4n) is 2.03. The molecule has 0 spiro atoms. The van der Waals surface area contributed by atoms with Crippen LogP contribution in [0.2, 0.25) is 0 Å². The Hall–Kier alpha value is -2.15. The SMILES string of the molecule is CCN(C1=NSc2cc(F)c(F)cc2N1)c1ccncc1. The Morgan fingerprint density at radius 3 is 2.62 bits per heavy atom. The summed E-state index contributed by atoms with van der Waals surface area (Å²) < 4.78 is 30.9. The van der Waals surface area contributed by atoms with Gasteiger partial charge in [-0.05, 0) is 25.1 Å². The molecule has 0 amide bonds. The molecule has 21 heavy (non-hydrogen) atoms. The molecule has 0 radical (unpaired) electrons. The van der Waals surface area contributed by atoms with Crippen molar-refractivity contribution in [1.29, 1.82) is 0 Å². The van der Waals surface area contributed by atoms with E-state index >= 15 is 0 Å². The van der Waals surface area contributed by atoms with E-state index in [2.05, 4.69) is 14.7 Å². The lowest BCUT2D eigenvalue weighted by molar-refractivity contribution is 0.506. The number of rotatable bonds is 2. The molecule has 1 aromatic heterocycles. The number of hydrogen-bond donors (Lipinski definition) is 1. The molecule has 0 unspecified atom stereocenters. The summed E-state index contributed by atoms with van der Waals surface area (Å²) in [5.74, 6) is -1.18. The highest BCUT2D eigenvalue weighted by Gasteiger charge is 2.20. The first-order valence-electron chi connectivity index (χ1n) is 6.37. The van der Waals surface area contributed by atoms with Crippen LogP contribution in [-0.4, -0.2) is 17.5 Å². The maximum Gasteiger partial charge on any atom is 0.215 e. The molecule has 1 N–H and O–H groups in total. The maximum atomic E-state index is 13.4. The molecular formula is C14H12F2N4S. The summed E-state index contributed by atoms with van der Waals surface area (Å²) in [6.45, 7) is 2.66. The third kappa shape index (κ3) is 2.69. The topological polar surface area (TPSA) is 40.5 Å². The van der Waals surface area contributed by atoms with Gasteiger partial charge in [0.15, 0.2) is 11.6 Å². The van der Waals surface area contributed by atoms with Crippen LogP contribution in [0.3, 0.4) is 0 Å². The van der Waals surface area contributed by atoms with Gasteiger partial charge >= 0.3 is 0 Å². The Bertz CT molecular complexity index is 691. The van der Waals surface area contributed by atoms with E-state index in [-0.39, 0.29) is 0 Å². The minimum atomic E-state index is -0.880. The molecule has 1 aliphatic heterocycles. The first kappa shape index (κ1) is 13.8. The van der Waals surface area contributed by atoms with E-state index in [1.54, 1.807) is 12.4 Å². The van der Waals surface area contributed by atoms with Crippen LogP contribution in [0.5, 0.6) is 0 Å². The van der Waals surface area contributed by atoms with Crippen molar-refractivity contribution in [3.63, 3.8) is 0 Å². The highest BCUT2D eigenvalue weighted by atomic mass is 32.2. The van der Waals surface area contributed by atoms with Gasteiger partial charge in [-0.25, -0.2) is 8.78 Å². The zero-order valence-corrected chi connectivity index (χ0v) is 12.0. The molecule has 2 heterocycles. The molecule has 3 rings (SSSR count). The van der Waals surface area contributed by atoms with Gasteiger partial charge in [-0.15, -0.1) is 0 Å². The first-order chi connectivity index (χ1) is 10.2. The van der Waals surface area contributed by atoms with Crippen molar-refractivity contribution in [1.82, 2.24) is 4.98 Å². The first-order valence-corrected chi connectivity index (χ1v) is 7.15. The highest BCUT2D eigenvalue weighted by molar-refractivity contribution is 7.98. The van der Waals surface area contributed by atoms with Gasteiger partial charge in [0.25, 0.3) is 0 Å². The number of fused-ring (bicyclic) bond motifs is 1. The van der Waals surface area contributed by atoms with E-state index in [0.29, 0.717) is 23.1 Å². The number of nitrogens with one attached hydrogen (secondary N) is 1. The van der Waals surface area contributed by atoms with Crippen LogP contribution in [0.25, 0.3) is 0 Å². The van der Waals surface area contributed by atoms with Crippen LogP contribution in [0.15, 0.2) is 46.0 Å². The van der Waals surface area contributed by atoms with Gasteiger partial charge in [-0.3, -0.25) is 4.98 Å². The van der Waals surface area contributed by atoms with Crippen LogP contribution >= 0.6 is 11.9 Å². The van der Waals surface area contributed by atoms with Crippen molar-refractivity contribution in [2.75, 3.05) is 16.8 Å². The number of aromatic nitrogens is 1. The molecule has 1 aromatic carbocycles. The van der Waals surface area contributed by atoms with Crippen LogP contribution < -0.4 is 10.2 Å². The van der Waals surface area contributed by atoms with Crippen LogP contribution in [0.1, 0.15) is 6.92 Å². The molecule has 0 saturated heterocycles. The lowest BCUT2D eigenvalue weighted by atomic mass is 10.3. The average molecular weight is 306 g/mol. The summed E-state index contributed by atoms with van der Waals surface area (Å²) in [5, 5.41) is 3.04. The van der Waals surface area contributed by atoms with Crippen molar-refractivity contribution >= 4 is 29.3 Å². The van der Waals surface area contributed by atoms with E-state index in [1.807, 2.05) is 24.0 Å². The number of pyridine rings is 1. The lowest BCUT2D eigenvalue weighted by Gasteiger charge is -2.28. The van der Waals surface area contributed by atoms with Crippen molar-refractivity contribution in [3.05, 3.63) is 48.3 Å². The van der Waals surface area contributed by atoms with E-state index < -0.39 is 11.6 Å². The monoisotopic (exact) mass is 306 g/mol. The van der Waals surface area contributed by atoms with Crippen LogP contribution in [0, 0.1) is 11.6 Å². The van der Waals surface area contributed by atoms with Crippen LogP contribution in [0.4, 0.5) is 20.2 Å². The minimum absolute atomic E-state index is 0.511. The van der Waals surface area contributed by atoms with Gasteiger partial charge in [-0.2, -0.15) is 4.40 Å². The lowest BCUT2D eigenvalue weighted by Crippen LogP contribution is -2.37. The molecular weight excluding hydrogens is 294 g/mol.